The summed E-state index contributed by atoms with van der Waals surface area (Å²) in [4.78, 5) is 30.6. The molecule has 112 valence electrons. The molecule has 0 saturated heterocycles. The average Bonchev–Trinajstić information content (AvgIpc) is 2.36. The van der Waals surface area contributed by atoms with E-state index in [0.717, 1.165) is 12.8 Å². The molecule has 0 saturated carbocycles. The van der Waals surface area contributed by atoms with Crippen molar-refractivity contribution in [2.45, 2.75) is 32.2 Å². The molecular formula is C11H23N3O5. The van der Waals surface area contributed by atoms with E-state index in [1.54, 1.807) is 0 Å². The third-order valence-corrected chi connectivity index (χ3v) is 2.00. The fourth-order valence-corrected chi connectivity index (χ4v) is 0.901. The smallest absolute Gasteiger partial charge is 0.325 e. The van der Waals surface area contributed by atoms with E-state index in [1.165, 1.54) is 14.0 Å². The highest BCUT2D eigenvalue weighted by Gasteiger charge is 2.09. The van der Waals surface area contributed by atoms with Crippen LogP contribution in [0.3, 0.4) is 0 Å². The normalized spacial score (nSPS) is 10.7. The van der Waals surface area contributed by atoms with Crippen molar-refractivity contribution in [3.05, 3.63) is 0 Å². The zero-order chi connectivity index (χ0) is 15.3. The summed E-state index contributed by atoms with van der Waals surface area (Å²) in [7, 11) is 1.27. The lowest BCUT2D eigenvalue weighted by Crippen LogP contribution is -2.29. The van der Waals surface area contributed by atoms with Gasteiger partial charge >= 0.3 is 11.9 Å². The Hall–Kier alpha value is -1.67. The zero-order valence-electron chi connectivity index (χ0n) is 11.3. The lowest BCUT2D eigenvalue weighted by molar-refractivity contribution is -0.141. The van der Waals surface area contributed by atoms with Gasteiger partial charge in [-0.3, -0.25) is 14.4 Å². The van der Waals surface area contributed by atoms with Gasteiger partial charge in [0.1, 0.15) is 12.6 Å². The summed E-state index contributed by atoms with van der Waals surface area (Å²) in [5.74, 6) is -1.61. The molecule has 0 heterocycles. The molecule has 0 unspecified atom stereocenters. The minimum absolute atomic E-state index is 0.0498. The summed E-state index contributed by atoms with van der Waals surface area (Å²) in [6.45, 7) is 1.89. The van der Waals surface area contributed by atoms with Gasteiger partial charge in [0.15, 0.2) is 0 Å². The minimum atomic E-state index is -0.933. The van der Waals surface area contributed by atoms with Crippen LogP contribution in [-0.4, -0.2) is 49.2 Å². The first-order chi connectivity index (χ1) is 8.84. The van der Waals surface area contributed by atoms with Gasteiger partial charge < -0.3 is 26.6 Å². The molecule has 0 spiro atoms. The first kappa shape index (κ1) is 19.7. The summed E-state index contributed by atoms with van der Waals surface area (Å²) in [5.41, 5.74) is 10.4. The van der Waals surface area contributed by atoms with E-state index in [-0.39, 0.29) is 12.5 Å². The van der Waals surface area contributed by atoms with E-state index in [4.69, 9.17) is 16.6 Å². The lowest BCUT2D eigenvalue weighted by atomic mass is 10.1. The Morgan fingerprint density at radius 1 is 1.32 bits per heavy atom. The van der Waals surface area contributed by atoms with Gasteiger partial charge in [0.2, 0.25) is 5.91 Å². The minimum Gasteiger partial charge on any atom is -0.480 e. The molecule has 0 aliphatic rings. The van der Waals surface area contributed by atoms with E-state index in [0.29, 0.717) is 13.0 Å². The van der Waals surface area contributed by atoms with Gasteiger partial charge in [-0.25, -0.2) is 0 Å². The Labute approximate surface area is 112 Å². The number of methoxy groups -OCH3 is 1. The number of nitrogens with one attached hydrogen (secondary N) is 1. The van der Waals surface area contributed by atoms with Crippen molar-refractivity contribution in [3.8, 4) is 0 Å². The SMILES string of the molecule is COC(=O)CNC(C)=O.NCCCC[C@H](N)C(=O)O. The molecule has 6 N–H and O–H groups in total. The topological polar surface area (TPSA) is 145 Å². The van der Waals surface area contributed by atoms with Gasteiger partial charge in [-0.2, -0.15) is 0 Å². The summed E-state index contributed by atoms with van der Waals surface area (Å²) >= 11 is 0. The largest absolute Gasteiger partial charge is 0.480 e. The van der Waals surface area contributed by atoms with E-state index in [1.807, 2.05) is 0 Å². The molecule has 0 rings (SSSR count). The summed E-state index contributed by atoms with van der Waals surface area (Å²) < 4.78 is 4.25. The first-order valence-electron chi connectivity index (χ1n) is 5.84. The van der Waals surface area contributed by atoms with Crippen molar-refractivity contribution in [3.63, 3.8) is 0 Å². The summed E-state index contributed by atoms with van der Waals surface area (Å²) in [6.07, 6.45) is 2.16. The van der Waals surface area contributed by atoms with Gasteiger partial charge in [-0.1, -0.05) is 6.42 Å². The summed E-state index contributed by atoms with van der Waals surface area (Å²) in [6, 6.07) is -0.716. The van der Waals surface area contributed by atoms with Gasteiger partial charge in [0, 0.05) is 6.92 Å². The molecule has 1 atom stereocenters. The average molecular weight is 277 g/mol. The molecule has 0 bridgehead atoms. The Kier molecular flexibility index (Phi) is 13.2. The van der Waals surface area contributed by atoms with Crippen molar-refractivity contribution in [1.82, 2.24) is 5.32 Å². The maximum absolute atomic E-state index is 10.3. The van der Waals surface area contributed by atoms with Crippen LogP contribution in [-0.2, 0) is 19.1 Å². The van der Waals surface area contributed by atoms with Crippen molar-refractivity contribution < 1.29 is 24.2 Å². The Bertz CT molecular complexity index is 284. The fraction of sp³-hybridized carbons (Fsp3) is 0.727. The number of hydrogen-bond acceptors (Lipinski definition) is 6. The molecule has 8 nitrogen and oxygen atoms in total. The predicted octanol–water partition coefficient (Wildman–Crippen LogP) is -1.18. The Balaban J connectivity index is 0. The summed E-state index contributed by atoms with van der Waals surface area (Å²) in [5, 5.41) is 10.6. The second-order valence-corrected chi connectivity index (χ2v) is 3.72. The highest BCUT2D eigenvalue weighted by atomic mass is 16.5. The van der Waals surface area contributed by atoms with Crippen LogP contribution in [0, 0.1) is 0 Å². The van der Waals surface area contributed by atoms with Crippen molar-refractivity contribution in [2.75, 3.05) is 20.2 Å². The molecule has 0 aromatic rings. The van der Waals surface area contributed by atoms with Crippen LogP contribution in [0.1, 0.15) is 26.2 Å². The number of carboxylic acids is 1. The van der Waals surface area contributed by atoms with Crippen LogP contribution in [0.5, 0.6) is 0 Å². The zero-order valence-corrected chi connectivity index (χ0v) is 11.3. The third-order valence-electron chi connectivity index (χ3n) is 2.00. The van der Waals surface area contributed by atoms with Gasteiger partial charge in [0.05, 0.1) is 7.11 Å². The number of carbonyl (C=O) groups excluding carboxylic acids is 2. The van der Waals surface area contributed by atoms with E-state index < -0.39 is 18.0 Å². The number of carbonyl (C=O) groups is 3. The van der Waals surface area contributed by atoms with Crippen molar-refractivity contribution >= 4 is 17.8 Å². The highest BCUT2D eigenvalue weighted by Crippen LogP contribution is 1.96. The van der Waals surface area contributed by atoms with Gasteiger partial charge in [-0.15, -0.1) is 0 Å². The molecule has 8 heteroatoms. The monoisotopic (exact) mass is 277 g/mol. The van der Waals surface area contributed by atoms with Crippen LogP contribution in [0.15, 0.2) is 0 Å². The maximum Gasteiger partial charge on any atom is 0.325 e. The maximum atomic E-state index is 10.3. The Morgan fingerprint density at radius 2 is 1.89 bits per heavy atom. The molecule has 1 amide bonds. The molecule has 0 aliphatic carbocycles. The number of amides is 1. The van der Waals surface area contributed by atoms with Crippen molar-refractivity contribution in [1.29, 1.82) is 0 Å². The predicted molar refractivity (Wildman–Crippen MR) is 69.2 cm³/mol. The molecular weight excluding hydrogens is 254 g/mol. The molecule has 0 aliphatic heterocycles. The Morgan fingerprint density at radius 3 is 2.26 bits per heavy atom. The van der Waals surface area contributed by atoms with E-state index in [9.17, 15) is 14.4 Å². The fourth-order valence-electron chi connectivity index (χ4n) is 0.901. The lowest BCUT2D eigenvalue weighted by Gasteiger charge is -2.03. The van der Waals surface area contributed by atoms with Crippen LogP contribution >= 0.6 is 0 Å². The molecule has 0 aromatic carbocycles. The molecule has 0 radical (unpaired) electrons. The molecule has 0 fully saturated rings. The van der Waals surface area contributed by atoms with Crippen LogP contribution < -0.4 is 16.8 Å². The molecule has 0 aromatic heterocycles. The van der Waals surface area contributed by atoms with E-state index in [2.05, 4.69) is 10.1 Å². The number of rotatable bonds is 7. The van der Waals surface area contributed by atoms with Crippen LogP contribution in [0.25, 0.3) is 0 Å². The number of carboxylic acid groups (broad SMARTS) is 1. The van der Waals surface area contributed by atoms with Gasteiger partial charge in [-0.05, 0) is 19.4 Å². The van der Waals surface area contributed by atoms with Gasteiger partial charge in [0.25, 0.3) is 0 Å². The molecule has 19 heavy (non-hydrogen) atoms. The third kappa shape index (κ3) is 16.3. The second-order valence-electron chi connectivity index (χ2n) is 3.72. The van der Waals surface area contributed by atoms with Crippen LogP contribution in [0.2, 0.25) is 0 Å². The number of nitrogens with two attached hydrogens (primary N) is 2. The number of ether oxygens (including phenoxy) is 1. The van der Waals surface area contributed by atoms with E-state index >= 15 is 0 Å². The van der Waals surface area contributed by atoms with Crippen molar-refractivity contribution in [2.24, 2.45) is 11.5 Å². The second kappa shape index (κ2) is 12.8. The number of unbranched alkanes of at least 4 members (excludes halogenated alkanes) is 1. The highest BCUT2D eigenvalue weighted by molar-refractivity contribution is 5.80. The number of hydrogen-bond donors (Lipinski definition) is 4. The quantitative estimate of drug-likeness (QED) is 0.338. The number of esters is 1. The van der Waals surface area contributed by atoms with Crippen LogP contribution in [0.4, 0.5) is 0 Å². The number of aliphatic carboxylic acids is 1. The standard InChI is InChI=1S/C6H14N2O2.C5H9NO3/c7-4-2-1-3-5(8)6(9)10;1-4(7)6-3-5(8)9-2/h5H,1-4,7-8H2,(H,9,10);3H2,1-2H3,(H,6,7)/t5-;/m0./s1. The first-order valence-corrected chi connectivity index (χ1v) is 5.84.